The van der Waals surface area contributed by atoms with Crippen molar-refractivity contribution in [3.8, 4) is 0 Å². The number of carbonyl (C=O) groups excluding carboxylic acids is 1. The van der Waals surface area contributed by atoms with Crippen LogP contribution in [0.2, 0.25) is 0 Å². The number of hydrogen-bond donors (Lipinski definition) is 1. The van der Waals surface area contributed by atoms with E-state index in [1.807, 2.05) is 0 Å². The fourth-order valence-electron chi connectivity index (χ4n) is 1.12. The van der Waals surface area contributed by atoms with Gasteiger partial charge in [-0.15, -0.1) is 0 Å². The maximum atomic E-state index is 10.0. The molecule has 46 valence electrons. The zero-order chi connectivity index (χ0) is 5.98. The van der Waals surface area contributed by atoms with Gasteiger partial charge in [0.15, 0.2) is 0 Å². The third-order valence-corrected chi connectivity index (χ3v) is 1.64. The van der Waals surface area contributed by atoms with Crippen molar-refractivity contribution in [3.63, 3.8) is 0 Å². The molecule has 1 aliphatic rings. The van der Waals surface area contributed by atoms with E-state index in [0.29, 0.717) is 6.42 Å². The normalized spacial score (nSPS) is 37.6. The van der Waals surface area contributed by atoms with E-state index in [2.05, 4.69) is 0 Å². The molecule has 0 amide bonds. The number of aliphatic hydroxyl groups excluding tert-OH is 1. The summed E-state index contributed by atoms with van der Waals surface area (Å²) in [5, 5.41) is 8.87. The van der Waals surface area contributed by atoms with E-state index in [1.165, 1.54) is 0 Å². The fraction of sp³-hybridized carbons (Fsp3) is 0.833. The lowest BCUT2D eigenvalue weighted by Gasteiger charge is -1.95. The van der Waals surface area contributed by atoms with Crippen LogP contribution in [-0.4, -0.2) is 17.5 Å². The first kappa shape index (κ1) is 5.76. The first-order chi connectivity index (χ1) is 3.83. The van der Waals surface area contributed by atoms with E-state index in [9.17, 15) is 4.79 Å². The van der Waals surface area contributed by atoms with Gasteiger partial charge in [-0.1, -0.05) is 0 Å². The lowest BCUT2D eigenvalue weighted by Crippen LogP contribution is -2.00. The highest BCUT2D eigenvalue weighted by molar-refractivity contribution is 5.53. The maximum Gasteiger partial charge on any atom is 0.123 e. The standard InChI is InChI=1S/C6H10O2/c7-4-5-1-2-6(8)3-5/h4-6,8H,1-3H2/t5-,6+/m0/s1. The van der Waals surface area contributed by atoms with Crippen molar-refractivity contribution in [3.05, 3.63) is 0 Å². The average Bonchev–Trinajstić information content (AvgIpc) is 2.14. The molecule has 0 aromatic carbocycles. The van der Waals surface area contributed by atoms with Gasteiger partial charge in [-0.25, -0.2) is 0 Å². The molecule has 0 saturated heterocycles. The third kappa shape index (κ3) is 1.07. The van der Waals surface area contributed by atoms with Gasteiger partial charge >= 0.3 is 0 Å². The van der Waals surface area contributed by atoms with Crippen LogP contribution in [0.5, 0.6) is 0 Å². The van der Waals surface area contributed by atoms with Gasteiger partial charge in [-0.2, -0.15) is 0 Å². The predicted octanol–water partition coefficient (Wildman–Crippen LogP) is 0.346. The molecule has 0 unspecified atom stereocenters. The molecule has 1 rings (SSSR count). The highest BCUT2D eigenvalue weighted by Crippen LogP contribution is 2.22. The molecule has 0 aromatic rings. The first-order valence-electron chi connectivity index (χ1n) is 2.96. The SMILES string of the molecule is O=C[C@H]1CC[C@@H](O)C1. The molecular formula is C6H10O2. The van der Waals surface area contributed by atoms with E-state index in [1.54, 1.807) is 0 Å². The van der Waals surface area contributed by atoms with Crippen molar-refractivity contribution in [2.45, 2.75) is 25.4 Å². The van der Waals surface area contributed by atoms with Crippen LogP contribution in [0.3, 0.4) is 0 Å². The zero-order valence-electron chi connectivity index (χ0n) is 4.71. The summed E-state index contributed by atoms with van der Waals surface area (Å²) in [7, 11) is 0. The second kappa shape index (κ2) is 2.27. The Morgan fingerprint density at radius 3 is 2.50 bits per heavy atom. The highest BCUT2D eigenvalue weighted by Gasteiger charge is 2.21. The van der Waals surface area contributed by atoms with Crippen LogP contribution in [0.1, 0.15) is 19.3 Å². The van der Waals surface area contributed by atoms with Crippen molar-refractivity contribution < 1.29 is 9.90 Å². The zero-order valence-corrected chi connectivity index (χ0v) is 4.71. The van der Waals surface area contributed by atoms with Gasteiger partial charge in [-0.05, 0) is 19.3 Å². The number of aldehydes is 1. The maximum absolute atomic E-state index is 10.0. The van der Waals surface area contributed by atoms with Crippen molar-refractivity contribution in [1.29, 1.82) is 0 Å². The van der Waals surface area contributed by atoms with Crippen LogP contribution in [0, 0.1) is 5.92 Å². The molecule has 1 saturated carbocycles. The molecule has 0 bridgehead atoms. The molecule has 8 heavy (non-hydrogen) atoms. The predicted molar refractivity (Wildman–Crippen MR) is 29.4 cm³/mol. The van der Waals surface area contributed by atoms with Crippen molar-refractivity contribution >= 4 is 6.29 Å². The highest BCUT2D eigenvalue weighted by atomic mass is 16.3. The van der Waals surface area contributed by atoms with E-state index in [-0.39, 0.29) is 12.0 Å². The van der Waals surface area contributed by atoms with Crippen LogP contribution < -0.4 is 0 Å². The van der Waals surface area contributed by atoms with Crippen molar-refractivity contribution in [2.75, 3.05) is 0 Å². The van der Waals surface area contributed by atoms with E-state index < -0.39 is 0 Å². The van der Waals surface area contributed by atoms with Crippen LogP contribution in [-0.2, 0) is 4.79 Å². The van der Waals surface area contributed by atoms with Gasteiger partial charge in [0.25, 0.3) is 0 Å². The number of aliphatic hydroxyl groups is 1. The van der Waals surface area contributed by atoms with Gasteiger partial charge in [-0.3, -0.25) is 0 Å². The quantitative estimate of drug-likeness (QED) is 0.499. The molecule has 1 aliphatic carbocycles. The Morgan fingerprint density at radius 2 is 2.25 bits per heavy atom. The molecule has 2 heteroatoms. The van der Waals surface area contributed by atoms with E-state index in [4.69, 9.17) is 5.11 Å². The molecule has 0 aromatic heterocycles. The Morgan fingerprint density at radius 1 is 1.50 bits per heavy atom. The average molecular weight is 114 g/mol. The minimum Gasteiger partial charge on any atom is -0.393 e. The molecule has 0 spiro atoms. The Hall–Kier alpha value is -0.370. The molecule has 0 aliphatic heterocycles. The topological polar surface area (TPSA) is 37.3 Å². The lowest BCUT2D eigenvalue weighted by atomic mass is 10.1. The summed E-state index contributed by atoms with van der Waals surface area (Å²) >= 11 is 0. The second-order valence-electron chi connectivity index (χ2n) is 2.36. The minimum absolute atomic E-state index is 0.144. The van der Waals surface area contributed by atoms with Gasteiger partial charge in [0.05, 0.1) is 6.10 Å². The fourth-order valence-corrected chi connectivity index (χ4v) is 1.12. The van der Waals surface area contributed by atoms with Gasteiger partial charge in [0, 0.05) is 5.92 Å². The lowest BCUT2D eigenvalue weighted by molar-refractivity contribution is -0.111. The van der Waals surface area contributed by atoms with Crippen LogP contribution >= 0.6 is 0 Å². The van der Waals surface area contributed by atoms with Crippen molar-refractivity contribution in [1.82, 2.24) is 0 Å². The van der Waals surface area contributed by atoms with Crippen LogP contribution in [0.15, 0.2) is 0 Å². The van der Waals surface area contributed by atoms with Gasteiger partial charge in [0.1, 0.15) is 6.29 Å². The molecule has 1 N–H and O–H groups in total. The van der Waals surface area contributed by atoms with Crippen LogP contribution in [0.4, 0.5) is 0 Å². The molecule has 0 radical (unpaired) electrons. The van der Waals surface area contributed by atoms with E-state index in [0.717, 1.165) is 19.1 Å². The number of hydrogen-bond acceptors (Lipinski definition) is 2. The Kier molecular flexibility index (Phi) is 1.63. The summed E-state index contributed by atoms with van der Waals surface area (Å²) in [5.74, 6) is 0.144. The number of rotatable bonds is 1. The molecule has 1 fully saturated rings. The largest absolute Gasteiger partial charge is 0.393 e. The Balaban J connectivity index is 2.32. The second-order valence-corrected chi connectivity index (χ2v) is 2.36. The summed E-state index contributed by atoms with van der Waals surface area (Å²) in [6.45, 7) is 0. The summed E-state index contributed by atoms with van der Waals surface area (Å²) < 4.78 is 0. The third-order valence-electron chi connectivity index (χ3n) is 1.64. The molecular weight excluding hydrogens is 104 g/mol. The Labute approximate surface area is 48.5 Å². The summed E-state index contributed by atoms with van der Waals surface area (Å²) in [5.41, 5.74) is 0. The number of carbonyl (C=O) groups is 1. The molecule has 0 heterocycles. The summed E-state index contributed by atoms with van der Waals surface area (Å²) in [4.78, 5) is 10.0. The summed E-state index contributed by atoms with van der Waals surface area (Å²) in [6, 6.07) is 0. The monoisotopic (exact) mass is 114 g/mol. The van der Waals surface area contributed by atoms with Gasteiger partial charge in [0.2, 0.25) is 0 Å². The minimum atomic E-state index is -0.204. The van der Waals surface area contributed by atoms with Crippen LogP contribution in [0.25, 0.3) is 0 Å². The summed E-state index contributed by atoms with van der Waals surface area (Å²) in [6.07, 6.45) is 3.11. The van der Waals surface area contributed by atoms with Crippen molar-refractivity contribution in [2.24, 2.45) is 5.92 Å². The molecule has 2 nitrogen and oxygen atoms in total. The van der Waals surface area contributed by atoms with E-state index >= 15 is 0 Å². The first-order valence-corrected chi connectivity index (χ1v) is 2.96. The Bertz CT molecular complexity index is 90.5. The molecule has 2 atom stereocenters. The van der Waals surface area contributed by atoms with Gasteiger partial charge < -0.3 is 9.90 Å². The smallest absolute Gasteiger partial charge is 0.123 e.